The Morgan fingerprint density at radius 1 is 1.14 bits per heavy atom. The number of benzene rings is 1. The number of hydrogen-bond acceptors (Lipinski definition) is 3. The minimum absolute atomic E-state index is 0.0159. The molecule has 0 unspecified atom stereocenters. The van der Waals surface area contributed by atoms with Gasteiger partial charge in [-0.2, -0.15) is 13.2 Å². The molecule has 1 fully saturated rings. The van der Waals surface area contributed by atoms with E-state index in [-0.39, 0.29) is 11.0 Å². The highest BCUT2D eigenvalue weighted by Crippen LogP contribution is 2.51. The third-order valence-corrected chi connectivity index (χ3v) is 4.81. The van der Waals surface area contributed by atoms with Gasteiger partial charge < -0.3 is 9.73 Å². The van der Waals surface area contributed by atoms with Gasteiger partial charge in [-0.25, -0.2) is 4.79 Å². The van der Waals surface area contributed by atoms with Crippen molar-refractivity contribution in [2.24, 2.45) is 5.41 Å². The Balaban J connectivity index is 1.91. The van der Waals surface area contributed by atoms with Crippen LogP contribution in [0.4, 0.5) is 18.9 Å². The highest BCUT2D eigenvalue weighted by Gasteiger charge is 2.43. The molecule has 22 heavy (non-hydrogen) atoms. The Bertz CT molecular complexity index is 818. The van der Waals surface area contributed by atoms with Gasteiger partial charge in [-0.15, -0.1) is 0 Å². The molecule has 1 N–H and O–H groups in total. The van der Waals surface area contributed by atoms with Crippen LogP contribution in [0.15, 0.2) is 27.4 Å². The molecule has 4 rings (SSSR count). The molecule has 3 nitrogen and oxygen atoms in total. The minimum Gasteiger partial charge on any atom is -0.423 e. The largest absolute Gasteiger partial charge is 0.423 e. The van der Waals surface area contributed by atoms with Gasteiger partial charge in [0, 0.05) is 29.8 Å². The highest BCUT2D eigenvalue weighted by atomic mass is 19.4. The third kappa shape index (κ3) is 2.17. The molecule has 1 saturated carbocycles. The molecule has 1 aliphatic heterocycles. The number of fused-ring (bicyclic) bond motifs is 2. The molecule has 1 spiro atoms. The number of hydrogen-bond donors (Lipinski definition) is 1. The first-order chi connectivity index (χ1) is 10.4. The Labute approximate surface area is 124 Å². The third-order valence-electron chi connectivity index (χ3n) is 4.81. The summed E-state index contributed by atoms with van der Waals surface area (Å²) in [6.07, 6.45) is -0.517. The summed E-state index contributed by atoms with van der Waals surface area (Å²) in [6, 6.07) is 3.58. The van der Waals surface area contributed by atoms with Gasteiger partial charge in [-0.1, -0.05) is 0 Å². The van der Waals surface area contributed by atoms with Gasteiger partial charge in [-0.3, -0.25) is 0 Å². The average molecular weight is 309 g/mol. The summed E-state index contributed by atoms with van der Waals surface area (Å²) in [5.74, 6) is 0. The van der Waals surface area contributed by atoms with Gasteiger partial charge in [-0.05, 0) is 42.7 Å². The van der Waals surface area contributed by atoms with E-state index in [4.69, 9.17) is 4.42 Å². The van der Waals surface area contributed by atoms with Crippen molar-refractivity contribution in [1.82, 2.24) is 0 Å². The second-order valence-corrected chi connectivity index (χ2v) is 6.34. The first kappa shape index (κ1) is 13.7. The van der Waals surface area contributed by atoms with Crippen molar-refractivity contribution < 1.29 is 17.6 Å². The van der Waals surface area contributed by atoms with Crippen molar-refractivity contribution >= 4 is 16.7 Å². The van der Waals surface area contributed by atoms with Gasteiger partial charge >= 0.3 is 11.8 Å². The minimum atomic E-state index is -4.57. The summed E-state index contributed by atoms with van der Waals surface area (Å²) < 4.78 is 44.4. The van der Waals surface area contributed by atoms with Crippen LogP contribution in [0, 0.1) is 5.41 Å². The van der Waals surface area contributed by atoms with E-state index < -0.39 is 17.4 Å². The summed E-state index contributed by atoms with van der Waals surface area (Å²) in [6.45, 7) is 0.828. The van der Waals surface area contributed by atoms with Crippen LogP contribution in [0.25, 0.3) is 11.0 Å². The lowest BCUT2D eigenvalue weighted by Crippen LogP contribution is -2.13. The van der Waals surface area contributed by atoms with E-state index in [2.05, 4.69) is 5.32 Å². The monoisotopic (exact) mass is 309 g/mol. The maximum atomic E-state index is 13.1. The maximum absolute atomic E-state index is 13.1. The topological polar surface area (TPSA) is 42.2 Å². The van der Waals surface area contributed by atoms with Gasteiger partial charge in [0.05, 0.1) is 5.56 Å². The predicted octanol–water partition coefficient (Wildman–Crippen LogP) is 3.95. The Hall–Kier alpha value is -1.98. The summed E-state index contributed by atoms with van der Waals surface area (Å²) in [4.78, 5) is 11.4. The van der Waals surface area contributed by atoms with Crippen LogP contribution < -0.4 is 10.9 Å². The molecule has 1 aromatic carbocycles. The molecule has 116 valence electrons. The molecule has 2 aromatic rings. The van der Waals surface area contributed by atoms with Crippen LogP contribution in [0.2, 0.25) is 0 Å². The van der Waals surface area contributed by atoms with Crippen LogP contribution >= 0.6 is 0 Å². The second kappa shape index (κ2) is 4.27. The molecule has 0 atom stereocenters. The number of anilines is 1. The first-order valence-corrected chi connectivity index (χ1v) is 7.28. The SMILES string of the molecule is O=c1cc(C(F)(F)F)c2cc3c(cc2o1)NCC1(CC3)CC1. The quantitative estimate of drug-likeness (QED) is 0.749. The summed E-state index contributed by atoms with van der Waals surface area (Å²) >= 11 is 0. The summed E-state index contributed by atoms with van der Waals surface area (Å²) in [5, 5.41) is 3.26. The zero-order valence-electron chi connectivity index (χ0n) is 11.7. The van der Waals surface area contributed by atoms with E-state index in [0.29, 0.717) is 11.5 Å². The number of alkyl halides is 3. The molecular formula is C16H14F3NO2. The van der Waals surface area contributed by atoms with Crippen molar-refractivity contribution in [1.29, 1.82) is 0 Å². The van der Waals surface area contributed by atoms with E-state index in [9.17, 15) is 18.0 Å². The van der Waals surface area contributed by atoms with Crippen molar-refractivity contribution in [2.75, 3.05) is 11.9 Å². The van der Waals surface area contributed by atoms with Gasteiger partial charge in [0.1, 0.15) is 5.58 Å². The van der Waals surface area contributed by atoms with E-state index in [1.54, 1.807) is 0 Å². The smallest absolute Gasteiger partial charge is 0.417 e. The van der Waals surface area contributed by atoms with Crippen LogP contribution in [0.5, 0.6) is 0 Å². The van der Waals surface area contributed by atoms with Crippen LogP contribution in [0.3, 0.4) is 0 Å². The van der Waals surface area contributed by atoms with Gasteiger partial charge in [0.25, 0.3) is 0 Å². The highest BCUT2D eigenvalue weighted by molar-refractivity contribution is 5.86. The molecule has 1 aromatic heterocycles. The molecule has 2 aliphatic rings. The lowest BCUT2D eigenvalue weighted by Gasteiger charge is -2.13. The second-order valence-electron chi connectivity index (χ2n) is 6.34. The predicted molar refractivity (Wildman–Crippen MR) is 76.0 cm³/mol. The molecule has 6 heteroatoms. The first-order valence-electron chi connectivity index (χ1n) is 7.28. The van der Waals surface area contributed by atoms with Crippen LogP contribution in [0.1, 0.15) is 30.4 Å². The molecule has 0 amide bonds. The number of aryl methyl sites for hydroxylation is 1. The molecular weight excluding hydrogens is 295 g/mol. The lowest BCUT2D eigenvalue weighted by molar-refractivity contribution is -0.136. The van der Waals surface area contributed by atoms with E-state index in [1.807, 2.05) is 0 Å². The standard InChI is InChI=1S/C16H14F3NO2/c17-16(18,19)11-6-14(21)22-13-7-12-9(5-10(11)13)1-2-15(3-4-15)8-20-12/h5-7,20H,1-4,8H2. The zero-order chi connectivity index (χ0) is 15.5. The normalized spacial score (nSPS) is 19.6. The van der Waals surface area contributed by atoms with Crippen molar-refractivity contribution in [2.45, 2.75) is 31.9 Å². The summed E-state index contributed by atoms with van der Waals surface area (Å²) in [7, 11) is 0. The van der Waals surface area contributed by atoms with Crippen molar-refractivity contribution in [3.63, 3.8) is 0 Å². The number of rotatable bonds is 0. The molecule has 0 saturated heterocycles. The zero-order valence-corrected chi connectivity index (χ0v) is 11.7. The number of halogens is 3. The summed E-state index contributed by atoms with van der Waals surface area (Å²) in [5.41, 5.74) is 0.0185. The van der Waals surface area contributed by atoms with Crippen molar-refractivity contribution in [3.8, 4) is 0 Å². The van der Waals surface area contributed by atoms with Crippen LogP contribution in [-0.4, -0.2) is 6.54 Å². The van der Waals surface area contributed by atoms with Gasteiger partial charge in [0.2, 0.25) is 0 Å². The number of nitrogens with one attached hydrogen (secondary N) is 1. The molecule has 1 aliphatic carbocycles. The van der Waals surface area contributed by atoms with E-state index in [1.165, 1.54) is 12.1 Å². The van der Waals surface area contributed by atoms with E-state index in [0.717, 1.165) is 43.5 Å². The lowest BCUT2D eigenvalue weighted by atomic mass is 9.97. The van der Waals surface area contributed by atoms with Crippen molar-refractivity contribution in [3.05, 3.63) is 39.7 Å². The molecule has 0 radical (unpaired) electrons. The Morgan fingerprint density at radius 3 is 2.59 bits per heavy atom. The fourth-order valence-corrected chi connectivity index (χ4v) is 3.23. The van der Waals surface area contributed by atoms with E-state index >= 15 is 0 Å². The molecule has 0 bridgehead atoms. The Kier molecular flexibility index (Phi) is 2.65. The Morgan fingerprint density at radius 2 is 1.91 bits per heavy atom. The maximum Gasteiger partial charge on any atom is 0.417 e. The van der Waals surface area contributed by atoms with Crippen LogP contribution in [-0.2, 0) is 12.6 Å². The average Bonchev–Trinajstić information content (AvgIpc) is 3.23. The fraction of sp³-hybridized carbons (Fsp3) is 0.438. The van der Waals surface area contributed by atoms with Gasteiger partial charge in [0.15, 0.2) is 0 Å². The fourth-order valence-electron chi connectivity index (χ4n) is 3.23. The molecule has 2 heterocycles.